The summed E-state index contributed by atoms with van der Waals surface area (Å²) in [7, 11) is 0. The molecule has 25 heavy (non-hydrogen) atoms. The number of hydrogen-bond donors (Lipinski definition) is 1. The van der Waals surface area contributed by atoms with Crippen LogP contribution in [-0.4, -0.2) is 54.8 Å². The Morgan fingerprint density at radius 3 is 2.84 bits per heavy atom. The number of nitrogens with zero attached hydrogens (tertiary/aromatic N) is 3. The molecule has 0 bridgehead atoms. The number of morpholine rings is 1. The summed E-state index contributed by atoms with van der Waals surface area (Å²) in [6.07, 6.45) is 5.14. The third kappa shape index (κ3) is 5.08. The van der Waals surface area contributed by atoms with Crippen molar-refractivity contribution >= 4 is 11.8 Å². The topological polar surface area (TPSA) is 57.7 Å². The van der Waals surface area contributed by atoms with Crippen LogP contribution in [0.4, 0.5) is 10.6 Å². The van der Waals surface area contributed by atoms with Crippen molar-refractivity contribution in [3.8, 4) is 0 Å². The van der Waals surface area contributed by atoms with Crippen molar-refractivity contribution in [2.24, 2.45) is 5.92 Å². The fourth-order valence-electron chi connectivity index (χ4n) is 3.13. The molecule has 2 fully saturated rings. The maximum absolute atomic E-state index is 12.7. The molecule has 1 aliphatic heterocycles. The Morgan fingerprint density at radius 2 is 2.16 bits per heavy atom. The Kier molecular flexibility index (Phi) is 6.13. The highest BCUT2D eigenvalue weighted by Gasteiger charge is 2.32. The highest BCUT2D eigenvalue weighted by atomic mass is 16.5. The van der Waals surface area contributed by atoms with Gasteiger partial charge in [-0.1, -0.05) is 19.9 Å². The van der Waals surface area contributed by atoms with E-state index in [1.54, 1.807) is 0 Å². The zero-order valence-electron chi connectivity index (χ0n) is 15.4. The Morgan fingerprint density at radius 1 is 1.40 bits per heavy atom. The smallest absolute Gasteiger partial charge is 0.317 e. The Hall–Kier alpha value is -1.82. The molecule has 0 aromatic carbocycles. The van der Waals surface area contributed by atoms with Crippen LogP contribution in [-0.2, 0) is 11.3 Å². The first kappa shape index (κ1) is 18.0. The van der Waals surface area contributed by atoms with E-state index >= 15 is 0 Å². The minimum absolute atomic E-state index is 0.0555. The van der Waals surface area contributed by atoms with E-state index in [0.29, 0.717) is 18.5 Å². The number of ether oxygens (including phenoxy) is 1. The third-order valence-corrected chi connectivity index (χ3v) is 4.80. The predicted octanol–water partition coefficient (Wildman–Crippen LogP) is 2.64. The van der Waals surface area contributed by atoms with Gasteiger partial charge in [0, 0.05) is 44.0 Å². The minimum atomic E-state index is 0.0555. The van der Waals surface area contributed by atoms with Crippen LogP contribution in [0.25, 0.3) is 0 Å². The molecule has 0 spiro atoms. The SMILES string of the molecule is CC(C)CCN(C(=O)NCc1cccnc1N1CCOCC1)C1CC1. The fraction of sp³-hybridized carbons (Fsp3) is 0.684. The molecule has 1 aromatic heterocycles. The minimum Gasteiger partial charge on any atom is -0.378 e. The van der Waals surface area contributed by atoms with Gasteiger partial charge < -0.3 is 19.9 Å². The standard InChI is InChI=1S/C19H30N4O2/c1-15(2)7-9-23(17-5-6-17)19(24)21-14-16-4-3-8-20-18(16)22-10-12-25-13-11-22/h3-4,8,15,17H,5-7,9-14H2,1-2H3,(H,21,24). The van der Waals surface area contributed by atoms with Crippen LogP contribution in [0.3, 0.4) is 0 Å². The van der Waals surface area contributed by atoms with Crippen molar-refractivity contribution in [1.82, 2.24) is 15.2 Å². The normalized spacial score (nSPS) is 17.6. The van der Waals surface area contributed by atoms with E-state index in [0.717, 1.165) is 63.5 Å². The van der Waals surface area contributed by atoms with Gasteiger partial charge in [0.2, 0.25) is 0 Å². The number of carbonyl (C=O) groups is 1. The van der Waals surface area contributed by atoms with Crippen molar-refractivity contribution in [1.29, 1.82) is 0 Å². The fourth-order valence-corrected chi connectivity index (χ4v) is 3.13. The average Bonchev–Trinajstić information content (AvgIpc) is 3.46. The highest BCUT2D eigenvalue weighted by molar-refractivity contribution is 5.75. The van der Waals surface area contributed by atoms with Gasteiger partial charge in [-0.05, 0) is 31.2 Å². The van der Waals surface area contributed by atoms with Crippen molar-refractivity contribution in [2.45, 2.75) is 45.7 Å². The molecule has 2 heterocycles. The largest absolute Gasteiger partial charge is 0.378 e. The second-order valence-electron chi connectivity index (χ2n) is 7.35. The van der Waals surface area contributed by atoms with Crippen molar-refractivity contribution < 1.29 is 9.53 Å². The van der Waals surface area contributed by atoms with Crippen molar-refractivity contribution in [3.05, 3.63) is 23.9 Å². The molecule has 1 aliphatic carbocycles. The average molecular weight is 346 g/mol. The molecule has 6 nitrogen and oxygen atoms in total. The molecule has 0 unspecified atom stereocenters. The summed E-state index contributed by atoms with van der Waals surface area (Å²) in [6, 6.07) is 4.47. The first-order valence-corrected chi connectivity index (χ1v) is 9.46. The van der Waals surface area contributed by atoms with Gasteiger partial charge in [0.15, 0.2) is 0 Å². The van der Waals surface area contributed by atoms with Crippen LogP contribution >= 0.6 is 0 Å². The molecular weight excluding hydrogens is 316 g/mol. The number of aromatic nitrogens is 1. The molecule has 6 heteroatoms. The van der Waals surface area contributed by atoms with Gasteiger partial charge in [-0.2, -0.15) is 0 Å². The molecule has 138 valence electrons. The Labute approximate surface area is 150 Å². The summed E-state index contributed by atoms with van der Waals surface area (Å²) in [5.41, 5.74) is 1.07. The van der Waals surface area contributed by atoms with Crippen LogP contribution in [0.5, 0.6) is 0 Å². The summed E-state index contributed by atoms with van der Waals surface area (Å²) in [4.78, 5) is 21.5. The Balaban J connectivity index is 1.59. The number of anilines is 1. The quantitative estimate of drug-likeness (QED) is 0.825. The monoisotopic (exact) mass is 346 g/mol. The zero-order valence-corrected chi connectivity index (χ0v) is 15.4. The zero-order chi connectivity index (χ0) is 17.6. The van der Waals surface area contributed by atoms with E-state index in [4.69, 9.17) is 4.74 Å². The molecule has 3 rings (SSSR count). The van der Waals surface area contributed by atoms with Crippen LogP contribution in [0.2, 0.25) is 0 Å². The predicted molar refractivity (Wildman–Crippen MR) is 98.7 cm³/mol. The van der Waals surface area contributed by atoms with E-state index in [2.05, 4.69) is 29.0 Å². The van der Waals surface area contributed by atoms with Crippen LogP contribution in [0.15, 0.2) is 18.3 Å². The molecular formula is C19H30N4O2. The first-order chi connectivity index (χ1) is 12.1. The van der Waals surface area contributed by atoms with Crippen LogP contribution in [0.1, 0.15) is 38.7 Å². The number of urea groups is 1. The first-order valence-electron chi connectivity index (χ1n) is 9.46. The lowest BCUT2D eigenvalue weighted by Crippen LogP contribution is -2.42. The van der Waals surface area contributed by atoms with E-state index in [-0.39, 0.29) is 6.03 Å². The van der Waals surface area contributed by atoms with Crippen molar-refractivity contribution in [3.63, 3.8) is 0 Å². The van der Waals surface area contributed by atoms with Gasteiger partial charge >= 0.3 is 6.03 Å². The Bertz CT molecular complexity index is 568. The molecule has 2 aliphatic rings. The van der Waals surface area contributed by atoms with Gasteiger partial charge in [-0.3, -0.25) is 0 Å². The van der Waals surface area contributed by atoms with E-state index in [1.165, 1.54) is 0 Å². The maximum atomic E-state index is 12.7. The van der Waals surface area contributed by atoms with Crippen LogP contribution < -0.4 is 10.2 Å². The molecule has 1 aromatic rings. The molecule has 2 amide bonds. The summed E-state index contributed by atoms with van der Waals surface area (Å²) in [5, 5.41) is 3.11. The summed E-state index contributed by atoms with van der Waals surface area (Å²) < 4.78 is 5.42. The summed E-state index contributed by atoms with van der Waals surface area (Å²) >= 11 is 0. The van der Waals surface area contributed by atoms with Gasteiger partial charge in [-0.15, -0.1) is 0 Å². The molecule has 1 N–H and O–H groups in total. The second-order valence-corrected chi connectivity index (χ2v) is 7.35. The third-order valence-electron chi connectivity index (χ3n) is 4.80. The lowest BCUT2D eigenvalue weighted by atomic mass is 10.1. The molecule has 1 saturated carbocycles. The number of amides is 2. The van der Waals surface area contributed by atoms with Gasteiger partial charge in [-0.25, -0.2) is 9.78 Å². The van der Waals surface area contributed by atoms with Gasteiger partial charge in [0.25, 0.3) is 0 Å². The number of nitrogens with one attached hydrogen (secondary N) is 1. The summed E-state index contributed by atoms with van der Waals surface area (Å²) in [5.74, 6) is 1.58. The molecule has 1 saturated heterocycles. The van der Waals surface area contributed by atoms with E-state index < -0.39 is 0 Å². The van der Waals surface area contributed by atoms with E-state index in [1.807, 2.05) is 23.2 Å². The van der Waals surface area contributed by atoms with Crippen molar-refractivity contribution in [2.75, 3.05) is 37.7 Å². The molecule has 0 atom stereocenters. The lowest BCUT2D eigenvalue weighted by molar-refractivity contribution is 0.122. The van der Waals surface area contributed by atoms with Gasteiger partial charge in [0.1, 0.15) is 5.82 Å². The number of pyridine rings is 1. The molecule has 0 radical (unpaired) electrons. The highest BCUT2D eigenvalue weighted by Crippen LogP contribution is 2.27. The maximum Gasteiger partial charge on any atom is 0.317 e. The summed E-state index contributed by atoms with van der Waals surface area (Å²) in [6.45, 7) is 8.92. The van der Waals surface area contributed by atoms with Gasteiger partial charge in [0.05, 0.1) is 13.2 Å². The van der Waals surface area contributed by atoms with Crippen LogP contribution in [0, 0.1) is 5.92 Å². The number of rotatable bonds is 7. The number of carbonyl (C=O) groups excluding carboxylic acids is 1. The lowest BCUT2D eigenvalue weighted by Gasteiger charge is -2.29. The van der Waals surface area contributed by atoms with E-state index in [9.17, 15) is 4.79 Å². The number of hydrogen-bond acceptors (Lipinski definition) is 4. The second kappa shape index (κ2) is 8.52.